The number of rotatable bonds is 6. The molecular weight excluding hydrogens is 360 g/mol. The van der Waals surface area contributed by atoms with E-state index in [1.165, 1.54) is 12.1 Å². The highest BCUT2D eigenvalue weighted by atomic mass is 32.2. The zero-order chi connectivity index (χ0) is 19.3. The number of hydrogen-bond acceptors (Lipinski definition) is 4. The van der Waals surface area contributed by atoms with Crippen LogP contribution in [0.4, 0.5) is 14.5 Å². The lowest BCUT2D eigenvalue weighted by molar-refractivity contribution is -0.119. The van der Waals surface area contributed by atoms with Crippen molar-refractivity contribution in [3.8, 4) is 0 Å². The highest BCUT2D eigenvalue weighted by Gasteiger charge is 2.18. The standard InChI is InChI=1S/C19H19F2NO3S/c1-11-8-12(2)17(13(3)9-11)22-16(23)10-25-18(24)14-6-4-5-7-15(14)26-19(20)21/h4-9,19H,10H2,1-3H3,(H,22,23). The number of anilines is 1. The number of alkyl halides is 2. The van der Waals surface area contributed by atoms with Crippen LogP contribution in [0.3, 0.4) is 0 Å². The topological polar surface area (TPSA) is 55.4 Å². The summed E-state index contributed by atoms with van der Waals surface area (Å²) in [6, 6.07) is 9.77. The fourth-order valence-electron chi connectivity index (χ4n) is 2.60. The molecule has 0 fully saturated rings. The van der Waals surface area contributed by atoms with Crippen LogP contribution in [0.15, 0.2) is 41.3 Å². The molecule has 1 amide bonds. The maximum absolute atomic E-state index is 12.6. The second-order valence-electron chi connectivity index (χ2n) is 5.77. The highest BCUT2D eigenvalue weighted by molar-refractivity contribution is 7.99. The Balaban J connectivity index is 2.01. The molecule has 2 aromatic rings. The first-order valence-electron chi connectivity index (χ1n) is 7.86. The molecule has 0 radical (unpaired) electrons. The van der Waals surface area contributed by atoms with Crippen molar-refractivity contribution < 1.29 is 23.1 Å². The molecule has 0 atom stereocenters. The maximum Gasteiger partial charge on any atom is 0.339 e. The summed E-state index contributed by atoms with van der Waals surface area (Å²) in [5.74, 6) is -3.96. The fraction of sp³-hybridized carbons (Fsp3) is 0.263. The van der Waals surface area contributed by atoms with E-state index in [2.05, 4.69) is 5.32 Å². The number of halogens is 2. The molecule has 26 heavy (non-hydrogen) atoms. The van der Waals surface area contributed by atoms with Crippen LogP contribution in [0.5, 0.6) is 0 Å². The van der Waals surface area contributed by atoms with Gasteiger partial charge in [0.1, 0.15) is 0 Å². The van der Waals surface area contributed by atoms with Crippen LogP contribution in [0.25, 0.3) is 0 Å². The smallest absolute Gasteiger partial charge is 0.339 e. The van der Waals surface area contributed by atoms with Crippen molar-refractivity contribution in [2.45, 2.75) is 31.4 Å². The second kappa shape index (κ2) is 8.80. The molecule has 0 aromatic heterocycles. The van der Waals surface area contributed by atoms with E-state index >= 15 is 0 Å². The van der Waals surface area contributed by atoms with Gasteiger partial charge in [-0.25, -0.2) is 4.79 Å². The SMILES string of the molecule is Cc1cc(C)c(NC(=O)COC(=O)c2ccccc2SC(F)F)c(C)c1. The van der Waals surface area contributed by atoms with Gasteiger partial charge in [0, 0.05) is 10.6 Å². The van der Waals surface area contributed by atoms with Gasteiger partial charge in [-0.2, -0.15) is 8.78 Å². The first-order chi connectivity index (χ1) is 12.3. The van der Waals surface area contributed by atoms with Gasteiger partial charge in [0.05, 0.1) is 5.56 Å². The highest BCUT2D eigenvalue weighted by Crippen LogP contribution is 2.28. The molecule has 0 aliphatic rings. The third kappa shape index (κ3) is 5.29. The molecule has 0 unspecified atom stereocenters. The van der Waals surface area contributed by atoms with E-state index in [9.17, 15) is 18.4 Å². The van der Waals surface area contributed by atoms with Crippen LogP contribution in [-0.4, -0.2) is 24.2 Å². The molecule has 4 nitrogen and oxygen atoms in total. The molecule has 0 saturated heterocycles. The van der Waals surface area contributed by atoms with Gasteiger partial charge in [0.25, 0.3) is 11.7 Å². The number of amides is 1. The van der Waals surface area contributed by atoms with Crippen LogP contribution < -0.4 is 5.32 Å². The summed E-state index contributed by atoms with van der Waals surface area (Å²) in [5.41, 5.74) is 3.57. The van der Waals surface area contributed by atoms with Gasteiger partial charge in [-0.3, -0.25) is 4.79 Å². The summed E-state index contributed by atoms with van der Waals surface area (Å²) in [4.78, 5) is 24.3. The quantitative estimate of drug-likeness (QED) is 0.583. The summed E-state index contributed by atoms with van der Waals surface area (Å²) in [7, 11) is 0. The lowest BCUT2D eigenvalue weighted by atomic mass is 10.1. The van der Waals surface area contributed by atoms with E-state index in [1.807, 2.05) is 32.9 Å². The zero-order valence-electron chi connectivity index (χ0n) is 14.6. The Labute approximate surface area is 154 Å². The summed E-state index contributed by atoms with van der Waals surface area (Å²) in [6.45, 7) is 5.21. The molecule has 0 spiro atoms. The average molecular weight is 379 g/mol. The van der Waals surface area contributed by atoms with Gasteiger partial charge in [-0.15, -0.1) is 0 Å². The van der Waals surface area contributed by atoms with E-state index in [0.29, 0.717) is 5.69 Å². The minimum Gasteiger partial charge on any atom is -0.452 e. The number of ether oxygens (including phenoxy) is 1. The Bertz CT molecular complexity index is 801. The summed E-state index contributed by atoms with van der Waals surface area (Å²) >= 11 is 0.261. The van der Waals surface area contributed by atoms with Crippen molar-refractivity contribution in [1.29, 1.82) is 0 Å². The van der Waals surface area contributed by atoms with Gasteiger partial charge in [0.2, 0.25) is 0 Å². The largest absolute Gasteiger partial charge is 0.452 e. The Kier molecular flexibility index (Phi) is 6.74. The van der Waals surface area contributed by atoms with Crippen LogP contribution in [-0.2, 0) is 9.53 Å². The number of benzene rings is 2. The average Bonchev–Trinajstić information content (AvgIpc) is 2.56. The van der Waals surface area contributed by atoms with E-state index < -0.39 is 24.2 Å². The van der Waals surface area contributed by atoms with Crippen LogP contribution in [0.2, 0.25) is 0 Å². The van der Waals surface area contributed by atoms with Crippen molar-refractivity contribution >= 4 is 29.3 Å². The Morgan fingerprint density at radius 1 is 1.12 bits per heavy atom. The molecule has 7 heteroatoms. The number of hydrogen-bond donors (Lipinski definition) is 1. The van der Waals surface area contributed by atoms with Crippen molar-refractivity contribution in [3.05, 3.63) is 58.7 Å². The molecule has 0 saturated carbocycles. The first kappa shape index (κ1) is 19.9. The molecule has 2 rings (SSSR count). The fourth-order valence-corrected chi connectivity index (χ4v) is 3.22. The molecule has 2 aromatic carbocycles. The zero-order valence-corrected chi connectivity index (χ0v) is 15.5. The third-order valence-electron chi connectivity index (χ3n) is 3.60. The number of carbonyl (C=O) groups is 2. The maximum atomic E-state index is 12.6. The van der Waals surface area contributed by atoms with Gasteiger partial charge < -0.3 is 10.1 Å². The van der Waals surface area contributed by atoms with E-state index in [4.69, 9.17) is 4.74 Å². The first-order valence-corrected chi connectivity index (χ1v) is 8.74. The Morgan fingerprint density at radius 2 is 1.73 bits per heavy atom. The minimum absolute atomic E-state index is 0.00768. The second-order valence-corrected chi connectivity index (χ2v) is 6.80. The lowest BCUT2D eigenvalue weighted by Crippen LogP contribution is -2.22. The summed E-state index contributed by atoms with van der Waals surface area (Å²) in [6.07, 6.45) is 0. The van der Waals surface area contributed by atoms with Gasteiger partial charge in [-0.1, -0.05) is 41.6 Å². The van der Waals surface area contributed by atoms with Crippen molar-refractivity contribution in [2.24, 2.45) is 0 Å². The van der Waals surface area contributed by atoms with Crippen molar-refractivity contribution in [3.63, 3.8) is 0 Å². The van der Waals surface area contributed by atoms with Gasteiger partial charge >= 0.3 is 5.97 Å². The molecular formula is C19H19F2NO3S. The Morgan fingerprint density at radius 3 is 2.35 bits per heavy atom. The van der Waals surface area contributed by atoms with E-state index in [0.717, 1.165) is 16.7 Å². The van der Waals surface area contributed by atoms with E-state index in [-0.39, 0.29) is 22.2 Å². The van der Waals surface area contributed by atoms with Crippen LogP contribution >= 0.6 is 11.8 Å². The number of carbonyl (C=O) groups excluding carboxylic acids is 2. The van der Waals surface area contributed by atoms with Crippen LogP contribution in [0, 0.1) is 20.8 Å². The summed E-state index contributed by atoms with van der Waals surface area (Å²) in [5, 5.41) is 2.72. The van der Waals surface area contributed by atoms with Crippen molar-refractivity contribution in [2.75, 3.05) is 11.9 Å². The van der Waals surface area contributed by atoms with E-state index in [1.54, 1.807) is 12.1 Å². The van der Waals surface area contributed by atoms with Crippen molar-refractivity contribution in [1.82, 2.24) is 0 Å². The number of nitrogens with one attached hydrogen (secondary N) is 1. The predicted octanol–water partition coefficient (Wildman–Crippen LogP) is 4.72. The number of thioether (sulfide) groups is 1. The monoisotopic (exact) mass is 379 g/mol. The third-order valence-corrected chi connectivity index (χ3v) is 4.39. The predicted molar refractivity (Wildman–Crippen MR) is 97.9 cm³/mol. The van der Waals surface area contributed by atoms with Gasteiger partial charge in [-0.05, 0) is 44.0 Å². The molecule has 1 N–H and O–H groups in total. The van der Waals surface area contributed by atoms with Crippen LogP contribution in [0.1, 0.15) is 27.0 Å². The normalized spacial score (nSPS) is 10.7. The minimum atomic E-state index is -2.65. The molecule has 0 heterocycles. The van der Waals surface area contributed by atoms with Gasteiger partial charge in [0.15, 0.2) is 6.61 Å². The number of esters is 1. The lowest BCUT2D eigenvalue weighted by Gasteiger charge is -2.13. The number of aryl methyl sites for hydroxylation is 3. The summed E-state index contributed by atoms with van der Waals surface area (Å²) < 4.78 is 30.1. The molecule has 0 aliphatic heterocycles. The molecule has 138 valence electrons. The molecule has 0 aliphatic carbocycles. The molecule has 0 bridgehead atoms. The Hall–Kier alpha value is -2.41.